The molecule has 1 atom stereocenters. The lowest BCUT2D eigenvalue weighted by Crippen LogP contribution is -2.30. The molecule has 1 N–H and O–H groups in total. The smallest absolute Gasteiger partial charge is 0.0353 e. The zero-order valence-corrected chi connectivity index (χ0v) is 12.5. The molecule has 88 valence electrons. The molecule has 1 aliphatic rings. The average Bonchev–Trinajstić information content (AvgIpc) is 2.52. The Morgan fingerprint density at radius 1 is 1.38 bits per heavy atom. The van der Waals surface area contributed by atoms with Crippen LogP contribution < -0.4 is 5.32 Å². The summed E-state index contributed by atoms with van der Waals surface area (Å²) in [7, 11) is 0. The quantitative estimate of drug-likeness (QED) is 0.783. The fourth-order valence-corrected chi connectivity index (χ4v) is 2.99. The Balaban J connectivity index is 2.12. The molecule has 1 unspecified atom stereocenters. The molecule has 1 aromatic carbocycles. The van der Waals surface area contributed by atoms with Crippen molar-refractivity contribution in [2.45, 2.75) is 46.1 Å². The van der Waals surface area contributed by atoms with Crippen LogP contribution >= 0.6 is 22.6 Å². The van der Waals surface area contributed by atoms with Crippen LogP contribution in [0.5, 0.6) is 0 Å². The third-order valence-electron chi connectivity index (χ3n) is 3.77. The van der Waals surface area contributed by atoms with Crippen LogP contribution in [-0.4, -0.2) is 6.04 Å². The van der Waals surface area contributed by atoms with Gasteiger partial charge in [-0.1, -0.05) is 26.3 Å². The number of hydrogen-bond donors (Lipinski definition) is 1. The Kier molecular flexibility index (Phi) is 3.48. The molecule has 0 aromatic heterocycles. The maximum Gasteiger partial charge on any atom is 0.0353 e. The summed E-state index contributed by atoms with van der Waals surface area (Å²) in [5.41, 5.74) is 3.07. The van der Waals surface area contributed by atoms with Crippen molar-refractivity contribution in [3.8, 4) is 0 Å². The van der Waals surface area contributed by atoms with Gasteiger partial charge < -0.3 is 5.32 Å². The van der Waals surface area contributed by atoms with E-state index < -0.39 is 0 Å². The highest BCUT2D eigenvalue weighted by molar-refractivity contribution is 14.1. The zero-order chi connectivity index (χ0) is 11.8. The molecule has 1 nitrogen and oxygen atoms in total. The Hall–Kier alpha value is -0.250. The minimum absolute atomic E-state index is 0.441. The predicted molar refractivity (Wildman–Crippen MR) is 78.9 cm³/mol. The van der Waals surface area contributed by atoms with Gasteiger partial charge in [0.15, 0.2) is 0 Å². The Bertz CT molecular complexity index is 384. The monoisotopic (exact) mass is 329 g/mol. The predicted octanol–water partition coefficient (Wildman–Crippen LogP) is 4.59. The van der Waals surface area contributed by atoms with Crippen molar-refractivity contribution in [2.75, 3.05) is 5.32 Å². The first-order valence-electron chi connectivity index (χ1n) is 6.02. The van der Waals surface area contributed by atoms with E-state index in [2.05, 4.69) is 66.9 Å². The fraction of sp³-hybridized carbons (Fsp3) is 0.571. The second-order valence-corrected chi connectivity index (χ2v) is 6.70. The summed E-state index contributed by atoms with van der Waals surface area (Å²) in [6.45, 7) is 6.90. The molecule has 0 amide bonds. The van der Waals surface area contributed by atoms with Gasteiger partial charge in [-0.3, -0.25) is 0 Å². The molecule has 2 rings (SSSR count). The summed E-state index contributed by atoms with van der Waals surface area (Å²) in [5.74, 6) is 0. The van der Waals surface area contributed by atoms with Gasteiger partial charge in [0.25, 0.3) is 0 Å². The standard InChI is InChI=1S/C14H20IN/c1-10-6-7-11(9-12(10)15)16-13-5-4-8-14(13,2)3/h6-7,9,13,16H,4-5,8H2,1-3H3. The molecular weight excluding hydrogens is 309 g/mol. The van der Waals surface area contributed by atoms with Crippen molar-refractivity contribution in [2.24, 2.45) is 5.41 Å². The van der Waals surface area contributed by atoms with E-state index >= 15 is 0 Å². The van der Waals surface area contributed by atoms with Crippen LogP contribution in [-0.2, 0) is 0 Å². The third-order valence-corrected chi connectivity index (χ3v) is 4.93. The minimum atomic E-state index is 0.441. The number of anilines is 1. The summed E-state index contributed by atoms with van der Waals surface area (Å²) in [6.07, 6.45) is 4.00. The third kappa shape index (κ3) is 2.53. The maximum atomic E-state index is 3.69. The van der Waals surface area contributed by atoms with E-state index in [9.17, 15) is 0 Å². The molecule has 0 spiro atoms. The summed E-state index contributed by atoms with van der Waals surface area (Å²) in [5, 5.41) is 3.69. The summed E-state index contributed by atoms with van der Waals surface area (Å²) in [4.78, 5) is 0. The summed E-state index contributed by atoms with van der Waals surface area (Å²) in [6, 6.07) is 7.29. The first-order valence-corrected chi connectivity index (χ1v) is 7.09. The second kappa shape index (κ2) is 4.55. The lowest BCUT2D eigenvalue weighted by atomic mass is 9.87. The van der Waals surface area contributed by atoms with Gasteiger partial charge in [-0.05, 0) is 65.5 Å². The van der Waals surface area contributed by atoms with Crippen LogP contribution in [0.4, 0.5) is 5.69 Å². The zero-order valence-electron chi connectivity index (χ0n) is 10.3. The maximum absolute atomic E-state index is 3.69. The van der Waals surface area contributed by atoms with Gasteiger partial charge in [0.2, 0.25) is 0 Å². The number of rotatable bonds is 2. The van der Waals surface area contributed by atoms with E-state index in [0.717, 1.165) is 0 Å². The van der Waals surface area contributed by atoms with Crippen LogP contribution in [0.1, 0.15) is 38.7 Å². The van der Waals surface area contributed by atoms with Gasteiger partial charge in [-0.25, -0.2) is 0 Å². The Morgan fingerprint density at radius 3 is 2.69 bits per heavy atom. The van der Waals surface area contributed by atoms with Gasteiger partial charge in [-0.2, -0.15) is 0 Å². The largest absolute Gasteiger partial charge is 0.382 e. The first kappa shape index (κ1) is 12.2. The Morgan fingerprint density at radius 2 is 2.12 bits per heavy atom. The number of hydrogen-bond acceptors (Lipinski definition) is 1. The molecule has 0 bridgehead atoms. The second-order valence-electron chi connectivity index (χ2n) is 5.54. The molecule has 1 saturated carbocycles. The van der Waals surface area contributed by atoms with E-state index in [-0.39, 0.29) is 0 Å². The molecule has 0 saturated heterocycles. The molecule has 1 fully saturated rings. The molecule has 0 aliphatic heterocycles. The number of nitrogens with one attached hydrogen (secondary N) is 1. The van der Waals surface area contributed by atoms with Gasteiger partial charge in [-0.15, -0.1) is 0 Å². The highest BCUT2D eigenvalue weighted by Gasteiger charge is 2.34. The van der Waals surface area contributed by atoms with Crippen molar-refractivity contribution < 1.29 is 0 Å². The van der Waals surface area contributed by atoms with Crippen LogP contribution in [0.3, 0.4) is 0 Å². The first-order chi connectivity index (χ1) is 7.49. The van der Waals surface area contributed by atoms with Crippen LogP contribution in [0.15, 0.2) is 18.2 Å². The molecule has 1 aromatic rings. The van der Waals surface area contributed by atoms with Crippen molar-refractivity contribution in [3.05, 3.63) is 27.3 Å². The van der Waals surface area contributed by atoms with E-state index in [0.29, 0.717) is 11.5 Å². The SMILES string of the molecule is Cc1ccc(NC2CCCC2(C)C)cc1I. The van der Waals surface area contributed by atoms with Gasteiger partial charge >= 0.3 is 0 Å². The molecule has 2 heteroatoms. The fourth-order valence-electron chi connectivity index (χ4n) is 2.48. The van der Waals surface area contributed by atoms with Gasteiger partial charge in [0, 0.05) is 15.3 Å². The van der Waals surface area contributed by atoms with E-state index in [4.69, 9.17) is 0 Å². The molecule has 1 aliphatic carbocycles. The lowest BCUT2D eigenvalue weighted by molar-refractivity contribution is 0.350. The van der Waals surface area contributed by atoms with Crippen LogP contribution in [0.2, 0.25) is 0 Å². The van der Waals surface area contributed by atoms with Crippen LogP contribution in [0.25, 0.3) is 0 Å². The van der Waals surface area contributed by atoms with E-state index in [1.807, 2.05) is 0 Å². The normalized spacial score (nSPS) is 23.4. The topological polar surface area (TPSA) is 12.0 Å². The highest BCUT2D eigenvalue weighted by atomic mass is 127. The minimum Gasteiger partial charge on any atom is -0.382 e. The number of aryl methyl sites for hydroxylation is 1. The molecule has 16 heavy (non-hydrogen) atoms. The summed E-state index contributed by atoms with van der Waals surface area (Å²) >= 11 is 2.41. The van der Waals surface area contributed by atoms with Gasteiger partial charge in [0.1, 0.15) is 0 Å². The molecular formula is C14H20IN. The van der Waals surface area contributed by atoms with Crippen molar-refractivity contribution in [1.82, 2.24) is 0 Å². The van der Waals surface area contributed by atoms with Crippen LogP contribution in [0, 0.1) is 15.9 Å². The van der Waals surface area contributed by atoms with E-state index in [1.165, 1.54) is 34.1 Å². The lowest BCUT2D eigenvalue weighted by Gasteiger charge is -2.28. The van der Waals surface area contributed by atoms with E-state index in [1.54, 1.807) is 0 Å². The van der Waals surface area contributed by atoms with Gasteiger partial charge in [0.05, 0.1) is 0 Å². The van der Waals surface area contributed by atoms with Crippen molar-refractivity contribution in [1.29, 1.82) is 0 Å². The molecule has 0 heterocycles. The number of halogens is 1. The highest BCUT2D eigenvalue weighted by Crippen LogP contribution is 2.39. The average molecular weight is 329 g/mol. The van der Waals surface area contributed by atoms with Crippen molar-refractivity contribution in [3.63, 3.8) is 0 Å². The summed E-state index contributed by atoms with van der Waals surface area (Å²) < 4.78 is 1.35. The van der Waals surface area contributed by atoms with Crippen molar-refractivity contribution >= 4 is 28.3 Å². The number of benzene rings is 1. The Labute approximate surface area is 112 Å². The molecule has 0 radical (unpaired) electrons.